The summed E-state index contributed by atoms with van der Waals surface area (Å²) in [6.45, 7) is 3.82. The summed E-state index contributed by atoms with van der Waals surface area (Å²) >= 11 is 0. The third-order valence-corrected chi connectivity index (χ3v) is 4.67. The summed E-state index contributed by atoms with van der Waals surface area (Å²) in [6, 6.07) is 6.17. The van der Waals surface area contributed by atoms with E-state index in [1.54, 1.807) is 12.1 Å². The lowest BCUT2D eigenvalue weighted by atomic mass is 9.93. The summed E-state index contributed by atoms with van der Waals surface area (Å²) in [5.41, 5.74) is 0.764. The molecule has 1 aliphatic heterocycles. The number of hydrogen-bond donors (Lipinski definition) is 1. The minimum Gasteiger partial charge on any atom is -0.338 e. The first-order valence-corrected chi connectivity index (χ1v) is 8.60. The second kappa shape index (κ2) is 9.61. The maximum atomic E-state index is 10.7. The molecule has 0 radical (unpaired) electrons. The van der Waals surface area contributed by atoms with Crippen molar-refractivity contribution in [2.75, 3.05) is 26.7 Å². The number of hydrogen-bond acceptors (Lipinski definition) is 7. The summed E-state index contributed by atoms with van der Waals surface area (Å²) in [5, 5.41) is 17.9. The number of benzene rings is 1. The Morgan fingerprint density at radius 3 is 2.62 bits per heavy atom. The van der Waals surface area contributed by atoms with Crippen LogP contribution in [-0.2, 0) is 6.54 Å². The lowest BCUT2D eigenvalue weighted by molar-refractivity contribution is -0.384. The number of piperidine rings is 1. The molecule has 1 N–H and O–H groups in total. The van der Waals surface area contributed by atoms with Crippen LogP contribution in [-0.4, -0.2) is 46.6 Å². The van der Waals surface area contributed by atoms with Crippen molar-refractivity contribution in [3.63, 3.8) is 0 Å². The number of rotatable bonds is 7. The quantitative estimate of drug-likeness (QED) is 0.581. The van der Waals surface area contributed by atoms with E-state index in [0.717, 1.165) is 25.6 Å². The average Bonchev–Trinajstić information content (AvgIpc) is 3.10. The molecule has 0 atom stereocenters. The topological polar surface area (TPSA) is 97.3 Å². The molecule has 1 aromatic heterocycles. The van der Waals surface area contributed by atoms with Crippen LogP contribution in [0.5, 0.6) is 0 Å². The minimum atomic E-state index is -0.425. The zero-order chi connectivity index (χ0) is 17.6. The Labute approximate surface area is 158 Å². The first kappa shape index (κ1) is 20.3. The van der Waals surface area contributed by atoms with Crippen molar-refractivity contribution in [3.8, 4) is 11.4 Å². The van der Waals surface area contributed by atoms with Crippen molar-refractivity contribution in [2.24, 2.45) is 5.92 Å². The molecule has 0 unspecified atom stereocenters. The molecule has 1 fully saturated rings. The van der Waals surface area contributed by atoms with Crippen molar-refractivity contribution in [2.45, 2.75) is 25.8 Å². The second-order valence-corrected chi connectivity index (χ2v) is 6.43. The predicted octanol–water partition coefficient (Wildman–Crippen LogP) is 2.89. The molecule has 0 saturated carbocycles. The third-order valence-electron chi connectivity index (χ3n) is 4.67. The molecule has 1 saturated heterocycles. The van der Waals surface area contributed by atoms with Crippen LogP contribution in [0.3, 0.4) is 0 Å². The largest absolute Gasteiger partial charge is 0.338 e. The van der Waals surface area contributed by atoms with E-state index < -0.39 is 4.92 Å². The molecule has 142 valence electrons. The fourth-order valence-electron chi connectivity index (χ4n) is 3.14. The molecule has 26 heavy (non-hydrogen) atoms. The van der Waals surface area contributed by atoms with Crippen molar-refractivity contribution < 1.29 is 9.45 Å². The number of halogens is 1. The van der Waals surface area contributed by atoms with E-state index in [4.69, 9.17) is 4.52 Å². The Balaban J connectivity index is 0.00000243. The van der Waals surface area contributed by atoms with Gasteiger partial charge in [-0.1, -0.05) is 5.16 Å². The highest BCUT2D eigenvalue weighted by molar-refractivity contribution is 5.85. The maximum absolute atomic E-state index is 10.7. The van der Waals surface area contributed by atoms with Gasteiger partial charge in [-0.15, -0.1) is 12.4 Å². The number of non-ortho nitro benzene ring substituents is 1. The maximum Gasteiger partial charge on any atom is 0.269 e. The monoisotopic (exact) mass is 381 g/mol. The lowest BCUT2D eigenvalue weighted by Crippen LogP contribution is -2.34. The van der Waals surface area contributed by atoms with E-state index in [2.05, 4.69) is 20.4 Å². The predicted molar refractivity (Wildman–Crippen MR) is 100 cm³/mol. The highest BCUT2D eigenvalue weighted by Crippen LogP contribution is 2.23. The van der Waals surface area contributed by atoms with Crippen LogP contribution in [0, 0.1) is 16.0 Å². The zero-order valence-electron chi connectivity index (χ0n) is 14.8. The first-order valence-electron chi connectivity index (χ1n) is 8.60. The van der Waals surface area contributed by atoms with Gasteiger partial charge >= 0.3 is 0 Å². The fourth-order valence-corrected chi connectivity index (χ4v) is 3.14. The molecule has 3 rings (SSSR count). The van der Waals surface area contributed by atoms with Gasteiger partial charge in [-0.2, -0.15) is 4.98 Å². The van der Waals surface area contributed by atoms with Gasteiger partial charge in [0.15, 0.2) is 0 Å². The smallest absolute Gasteiger partial charge is 0.269 e. The van der Waals surface area contributed by atoms with Gasteiger partial charge in [-0.05, 0) is 64.0 Å². The van der Waals surface area contributed by atoms with Gasteiger partial charge < -0.3 is 9.84 Å². The van der Waals surface area contributed by atoms with E-state index in [-0.39, 0.29) is 18.1 Å². The van der Waals surface area contributed by atoms with Crippen LogP contribution in [0.2, 0.25) is 0 Å². The van der Waals surface area contributed by atoms with Gasteiger partial charge in [0.05, 0.1) is 11.5 Å². The highest BCUT2D eigenvalue weighted by Gasteiger charge is 2.21. The standard InChI is InChI=1S/C17H23N5O3.ClH/c1-18-9-6-13-7-10-21(11-8-13)12-16-19-17(20-25-16)14-2-4-15(5-3-14)22(23)24;/h2-5,13,18H,6-12H2,1H3;1H. The Morgan fingerprint density at radius 2 is 2.00 bits per heavy atom. The van der Waals surface area contributed by atoms with Gasteiger partial charge in [-0.25, -0.2) is 0 Å². The molecule has 1 aromatic carbocycles. The van der Waals surface area contributed by atoms with Crippen molar-refractivity contribution >= 4 is 18.1 Å². The fraction of sp³-hybridized carbons (Fsp3) is 0.529. The normalized spacial score (nSPS) is 15.6. The van der Waals surface area contributed by atoms with Crippen LogP contribution < -0.4 is 5.32 Å². The SMILES string of the molecule is CNCCC1CCN(Cc2nc(-c3ccc([N+](=O)[O-])cc3)no2)CC1.Cl. The van der Waals surface area contributed by atoms with Gasteiger partial charge in [-0.3, -0.25) is 15.0 Å². The molecule has 2 heterocycles. The van der Waals surface area contributed by atoms with Gasteiger partial charge in [0, 0.05) is 17.7 Å². The third kappa shape index (κ3) is 5.23. The molecule has 1 aliphatic rings. The molecule has 9 heteroatoms. The van der Waals surface area contributed by atoms with Crippen LogP contribution in [0.4, 0.5) is 5.69 Å². The van der Waals surface area contributed by atoms with Crippen molar-refractivity contribution in [3.05, 3.63) is 40.3 Å². The molecule has 0 spiro atoms. The molecule has 2 aromatic rings. The number of nitrogens with one attached hydrogen (secondary N) is 1. The first-order chi connectivity index (χ1) is 12.2. The van der Waals surface area contributed by atoms with Crippen LogP contribution in [0.15, 0.2) is 28.8 Å². The van der Waals surface area contributed by atoms with E-state index in [1.807, 2.05) is 7.05 Å². The molecule has 0 aliphatic carbocycles. The van der Waals surface area contributed by atoms with Crippen molar-refractivity contribution in [1.29, 1.82) is 0 Å². The van der Waals surface area contributed by atoms with E-state index >= 15 is 0 Å². The summed E-state index contributed by atoms with van der Waals surface area (Å²) in [6.07, 6.45) is 3.63. The number of aromatic nitrogens is 2. The number of nitro benzene ring substituents is 1. The van der Waals surface area contributed by atoms with Gasteiger partial charge in [0.2, 0.25) is 11.7 Å². The molecule has 0 bridgehead atoms. The zero-order valence-corrected chi connectivity index (χ0v) is 15.6. The Morgan fingerprint density at radius 1 is 1.31 bits per heavy atom. The number of nitrogens with zero attached hydrogens (tertiary/aromatic N) is 4. The number of likely N-dealkylation sites (tertiary alicyclic amines) is 1. The highest BCUT2D eigenvalue weighted by atomic mass is 35.5. The van der Waals surface area contributed by atoms with Gasteiger partial charge in [0.25, 0.3) is 5.69 Å². The minimum absolute atomic E-state index is 0. The molecular formula is C17H24ClN5O3. The van der Waals surface area contributed by atoms with Gasteiger partial charge in [0.1, 0.15) is 0 Å². The van der Waals surface area contributed by atoms with Crippen molar-refractivity contribution in [1.82, 2.24) is 20.4 Å². The average molecular weight is 382 g/mol. The summed E-state index contributed by atoms with van der Waals surface area (Å²) in [4.78, 5) is 17.0. The summed E-state index contributed by atoms with van der Waals surface area (Å²) in [7, 11) is 1.99. The Hall–Kier alpha value is -2.03. The number of nitro groups is 1. The molecule has 0 amide bonds. The Kier molecular flexibility index (Phi) is 7.50. The van der Waals surface area contributed by atoms with Crippen LogP contribution in [0.1, 0.15) is 25.2 Å². The molecular weight excluding hydrogens is 358 g/mol. The van der Waals surface area contributed by atoms with E-state index in [9.17, 15) is 10.1 Å². The Bertz CT molecular complexity index is 699. The summed E-state index contributed by atoms with van der Waals surface area (Å²) < 4.78 is 5.34. The van der Waals surface area contributed by atoms with E-state index in [1.165, 1.54) is 31.4 Å². The van der Waals surface area contributed by atoms with E-state index in [0.29, 0.717) is 23.8 Å². The lowest BCUT2D eigenvalue weighted by Gasteiger charge is -2.30. The van der Waals surface area contributed by atoms with Crippen LogP contribution >= 0.6 is 12.4 Å². The summed E-state index contributed by atoms with van der Waals surface area (Å²) in [5.74, 6) is 1.85. The second-order valence-electron chi connectivity index (χ2n) is 6.43. The van der Waals surface area contributed by atoms with Crippen LogP contribution in [0.25, 0.3) is 11.4 Å². The molecule has 8 nitrogen and oxygen atoms in total.